The van der Waals surface area contributed by atoms with Crippen molar-refractivity contribution in [2.24, 2.45) is 0 Å². The highest BCUT2D eigenvalue weighted by atomic mass is 35.5. The van der Waals surface area contributed by atoms with Crippen molar-refractivity contribution in [2.45, 2.75) is 39.3 Å². The SMILES string of the molecule is CCOC(=O)C1=C(CN2CCN([C@H](C)CC)CC2)NC(=O)N[C@H]1c1ccc(Cl)cc1. The summed E-state index contributed by atoms with van der Waals surface area (Å²) in [7, 11) is 0. The maximum absolute atomic E-state index is 12.9. The van der Waals surface area contributed by atoms with Crippen LogP contribution in [0, 0.1) is 0 Å². The molecule has 0 bridgehead atoms. The van der Waals surface area contributed by atoms with Crippen LogP contribution in [0.1, 0.15) is 38.8 Å². The van der Waals surface area contributed by atoms with Gasteiger partial charge in [-0.3, -0.25) is 9.80 Å². The van der Waals surface area contributed by atoms with Gasteiger partial charge in [-0.1, -0.05) is 30.7 Å². The van der Waals surface area contributed by atoms with Gasteiger partial charge in [-0.25, -0.2) is 9.59 Å². The van der Waals surface area contributed by atoms with Crippen molar-refractivity contribution in [3.8, 4) is 0 Å². The van der Waals surface area contributed by atoms with E-state index in [0.29, 0.717) is 28.9 Å². The van der Waals surface area contributed by atoms with Crippen LogP contribution in [0.5, 0.6) is 0 Å². The van der Waals surface area contributed by atoms with Gasteiger partial charge >= 0.3 is 12.0 Å². The summed E-state index contributed by atoms with van der Waals surface area (Å²) in [5, 5.41) is 6.31. The molecular weight excluding hydrogens is 404 g/mol. The summed E-state index contributed by atoms with van der Waals surface area (Å²) >= 11 is 6.02. The molecule has 7 nitrogen and oxygen atoms in total. The summed E-state index contributed by atoms with van der Waals surface area (Å²) in [4.78, 5) is 30.0. The number of halogens is 1. The number of rotatable bonds is 7. The third-order valence-electron chi connectivity index (χ3n) is 5.86. The first-order valence-electron chi connectivity index (χ1n) is 10.6. The van der Waals surface area contributed by atoms with Gasteiger partial charge in [0.05, 0.1) is 18.2 Å². The Hall–Kier alpha value is -2.09. The van der Waals surface area contributed by atoms with E-state index in [1.54, 1.807) is 19.1 Å². The molecule has 1 aromatic rings. The van der Waals surface area contributed by atoms with Gasteiger partial charge in [0.15, 0.2) is 0 Å². The van der Waals surface area contributed by atoms with Crippen LogP contribution in [0.25, 0.3) is 0 Å². The maximum atomic E-state index is 12.9. The van der Waals surface area contributed by atoms with E-state index in [0.717, 1.165) is 38.2 Å². The number of hydrogen-bond acceptors (Lipinski definition) is 5. The Labute approximate surface area is 183 Å². The van der Waals surface area contributed by atoms with Crippen LogP contribution in [-0.4, -0.2) is 67.2 Å². The number of hydrogen-bond donors (Lipinski definition) is 2. The monoisotopic (exact) mass is 434 g/mol. The third kappa shape index (κ3) is 5.33. The molecule has 1 fully saturated rings. The first-order valence-corrected chi connectivity index (χ1v) is 11.0. The van der Waals surface area contributed by atoms with Crippen molar-refractivity contribution in [3.63, 3.8) is 0 Å². The Morgan fingerprint density at radius 1 is 1.20 bits per heavy atom. The van der Waals surface area contributed by atoms with E-state index in [2.05, 4.69) is 34.3 Å². The molecule has 2 heterocycles. The van der Waals surface area contributed by atoms with Gasteiger partial charge in [-0.2, -0.15) is 0 Å². The van der Waals surface area contributed by atoms with E-state index in [1.165, 1.54) is 0 Å². The zero-order valence-electron chi connectivity index (χ0n) is 17.9. The van der Waals surface area contributed by atoms with Crippen LogP contribution >= 0.6 is 11.6 Å². The molecule has 1 saturated heterocycles. The standard InChI is InChI=1S/C22H31ClN4O3/c1-4-15(3)27-12-10-26(11-13-27)14-18-19(21(28)30-5-2)20(25-22(29)24-18)16-6-8-17(23)9-7-16/h6-9,15,20H,4-5,10-14H2,1-3H3,(H2,24,25,29)/t15-,20+/m1/s1. The Morgan fingerprint density at radius 3 is 2.47 bits per heavy atom. The second-order valence-corrected chi connectivity index (χ2v) is 8.20. The molecule has 2 atom stereocenters. The number of esters is 1. The second-order valence-electron chi connectivity index (χ2n) is 7.77. The summed E-state index contributed by atoms with van der Waals surface area (Å²) in [6.07, 6.45) is 1.13. The van der Waals surface area contributed by atoms with E-state index in [9.17, 15) is 9.59 Å². The van der Waals surface area contributed by atoms with E-state index < -0.39 is 12.0 Å². The summed E-state index contributed by atoms with van der Waals surface area (Å²) in [5.74, 6) is -0.418. The predicted molar refractivity (Wildman–Crippen MR) is 117 cm³/mol. The number of piperazine rings is 1. The summed E-state index contributed by atoms with van der Waals surface area (Å²) < 4.78 is 5.33. The molecule has 2 N–H and O–H groups in total. The minimum atomic E-state index is -0.577. The largest absolute Gasteiger partial charge is 0.463 e. The molecule has 0 saturated carbocycles. The minimum absolute atomic E-state index is 0.268. The zero-order valence-corrected chi connectivity index (χ0v) is 18.7. The number of ether oxygens (including phenoxy) is 1. The lowest BCUT2D eigenvalue weighted by molar-refractivity contribution is -0.139. The average Bonchev–Trinajstić information content (AvgIpc) is 2.74. The lowest BCUT2D eigenvalue weighted by Crippen LogP contribution is -2.53. The van der Waals surface area contributed by atoms with Crippen molar-refractivity contribution in [1.82, 2.24) is 20.4 Å². The number of benzene rings is 1. The van der Waals surface area contributed by atoms with E-state index >= 15 is 0 Å². The predicted octanol–water partition coefficient (Wildman–Crippen LogP) is 2.93. The molecule has 2 aliphatic heterocycles. The number of amides is 2. The zero-order chi connectivity index (χ0) is 21.7. The maximum Gasteiger partial charge on any atom is 0.338 e. The molecular formula is C22H31ClN4O3. The molecule has 1 aromatic carbocycles. The van der Waals surface area contributed by atoms with Crippen molar-refractivity contribution >= 4 is 23.6 Å². The molecule has 0 radical (unpaired) electrons. The van der Waals surface area contributed by atoms with Crippen LogP contribution in [-0.2, 0) is 9.53 Å². The lowest BCUT2D eigenvalue weighted by Gasteiger charge is -2.39. The Morgan fingerprint density at radius 2 is 1.87 bits per heavy atom. The van der Waals surface area contributed by atoms with Crippen LogP contribution in [0.4, 0.5) is 4.79 Å². The van der Waals surface area contributed by atoms with Crippen molar-refractivity contribution in [3.05, 3.63) is 46.1 Å². The van der Waals surface area contributed by atoms with E-state index in [1.807, 2.05) is 12.1 Å². The van der Waals surface area contributed by atoms with Crippen molar-refractivity contribution in [2.75, 3.05) is 39.3 Å². The molecule has 0 aliphatic carbocycles. The van der Waals surface area contributed by atoms with Crippen molar-refractivity contribution in [1.29, 1.82) is 0 Å². The van der Waals surface area contributed by atoms with Crippen LogP contribution in [0.15, 0.2) is 35.5 Å². The van der Waals surface area contributed by atoms with E-state index in [4.69, 9.17) is 16.3 Å². The lowest BCUT2D eigenvalue weighted by atomic mass is 9.95. The first-order chi connectivity index (χ1) is 14.4. The van der Waals surface area contributed by atoms with Crippen molar-refractivity contribution < 1.29 is 14.3 Å². The van der Waals surface area contributed by atoms with Crippen LogP contribution < -0.4 is 10.6 Å². The number of carbonyl (C=O) groups is 2. The molecule has 0 unspecified atom stereocenters. The molecule has 0 spiro atoms. The Bertz CT molecular complexity index is 788. The van der Waals surface area contributed by atoms with Gasteiger partial charge in [0.25, 0.3) is 0 Å². The van der Waals surface area contributed by atoms with Crippen LogP contribution in [0.3, 0.4) is 0 Å². The normalized spacial score (nSPS) is 21.7. The molecule has 3 rings (SSSR count). The summed E-state index contributed by atoms with van der Waals surface area (Å²) in [6.45, 7) is 10.7. The average molecular weight is 435 g/mol. The van der Waals surface area contributed by atoms with Gasteiger partial charge in [0.2, 0.25) is 0 Å². The fourth-order valence-electron chi connectivity index (χ4n) is 3.94. The fraction of sp³-hybridized carbons (Fsp3) is 0.545. The first kappa shape index (κ1) is 22.6. The highest BCUT2D eigenvalue weighted by Gasteiger charge is 2.34. The quantitative estimate of drug-likeness (QED) is 0.645. The van der Waals surface area contributed by atoms with Crippen LogP contribution in [0.2, 0.25) is 5.02 Å². The molecule has 0 aromatic heterocycles. The Kier molecular flexibility index (Phi) is 7.75. The Balaban J connectivity index is 1.85. The number of urea groups is 1. The van der Waals surface area contributed by atoms with E-state index in [-0.39, 0.29) is 12.6 Å². The summed E-state index contributed by atoms with van der Waals surface area (Å²) in [5.41, 5.74) is 1.84. The van der Waals surface area contributed by atoms with Gasteiger partial charge < -0.3 is 15.4 Å². The molecule has 164 valence electrons. The highest BCUT2D eigenvalue weighted by Crippen LogP contribution is 2.29. The van der Waals surface area contributed by atoms with Gasteiger partial charge in [0, 0.05) is 49.5 Å². The highest BCUT2D eigenvalue weighted by molar-refractivity contribution is 6.30. The summed E-state index contributed by atoms with van der Waals surface area (Å²) in [6, 6.07) is 6.81. The topological polar surface area (TPSA) is 73.9 Å². The molecule has 30 heavy (non-hydrogen) atoms. The van der Waals surface area contributed by atoms with Gasteiger partial charge in [0.1, 0.15) is 0 Å². The molecule has 2 amide bonds. The van der Waals surface area contributed by atoms with Gasteiger partial charge in [-0.05, 0) is 38.0 Å². The molecule has 8 heteroatoms. The fourth-order valence-corrected chi connectivity index (χ4v) is 4.07. The smallest absolute Gasteiger partial charge is 0.338 e. The number of nitrogens with one attached hydrogen (secondary N) is 2. The minimum Gasteiger partial charge on any atom is -0.463 e. The molecule has 2 aliphatic rings. The third-order valence-corrected chi connectivity index (χ3v) is 6.11. The van der Waals surface area contributed by atoms with Gasteiger partial charge in [-0.15, -0.1) is 0 Å². The number of carbonyl (C=O) groups excluding carboxylic acids is 2. The number of nitrogens with zero attached hydrogens (tertiary/aromatic N) is 2. The second kappa shape index (κ2) is 10.3.